The molecule has 0 spiro atoms. The first-order chi connectivity index (χ1) is 18.3. The molecule has 0 fully saturated rings. The fourth-order valence-corrected chi connectivity index (χ4v) is 3.71. The van der Waals surface area contributed by atoms with Crippen LogP contribution >= 0.6 is 23.2 Å². The number of carboxylic acids is 1. The molecule has 0 aliphatic carbocycles. The van der Waals surface area contributed by atoms with Gasteiger partial charge in [0.15, 0.2) is 6.61 Å². The number of carboxylic acid groups (broad SMARTS) is 1. The molecule has 4 aromatic rings. The summed E-state index contributed by atoms with van der Waals surface area (Å²) >= 11 is 12.0. The number of carbonyl (C=O) groups is 1. The second-order valence-corrected chi connectivity index (χ2v) is 9.20. The van der Waals surface area contributed by atoms with Gasteiger partial charge in [0.25, 0.3) is 0 Å². The van der Waals surface area contributed by atoms with Gasteiger partial charge in [0, 0.05) is 32.3 Å². The van der Waals surface area contributed by atoms with E-state index in [1.165, 1.54) is 0 Å². The third kappa shape index (κ3) is 8.08. The topological polar surface area (TPSA) is 55.8 Å². The van der Waals surface area contributed by atoms with Crippen molar-refractivity contribution in [2.24, 2.45) is 0 Å². The number of hydrogen-bond donors (Lipinski definition) is 1. The second-order valence-electron chi connectivity index (χ2n) is 8.33. The van der Waals surface area contributed by atoms with E-state index in [1.807, 2.05) is 55.5 Å². The molecule has 0 unspecified atom stereocenters. The second kappa shape index (κ2) is 12.7. The lowest BCUT2D eigenvalue weighted by Crippen LogP contribution is -2.10. The fraction of sp³-hybridized carbons (Fsp3) is 0.0938. The highest BCUT2D eigenvalue weighted by atomic mass is 35.5. The van der Waals surface area contributed by atoms with E-state index in [0.717, 1.165) is 33.4 Å². The number of halogens is 2. The molecule has 0 saturated heterocycles. The quantitative estimate of drug-likeness (QED) is 0.264. The summed E-state index contributed by atoms with van der Waals surface area (Å²) in [6.07, 6.45) is 0. The summed E-state index contributed by atoms with van der Waals surface area (Å²) < 4.78 is 11.3. The van der Waals surface area contributed by atoms with Crippen LogP contribution in [0.1, 0.15) is 33.4 Å². The molecule has 6 heteroatoms. The molecule has 4 nitrogen and oxygen atoms in total. The normalized spacial score (nSPS) is 9.97. The zero-order valence-corrected chi connectivity index (χ0v) is 21.9. The van der Waals surface area contributed by atoms with Gasteiger partial charge < -0.3 is 14.6 Å². The van der Waals surface area contributed by atoms with Crippen molar-refractivity contribution in [2.75, 3.05) is 6.61 Å². The Morgan fingerprint density at radius 3 is 1.74 bits per heavy atom. The van der Waals surface area contributed by atoms with Gasteiger partial charge in [-0.3, -0.25) is 0 Å². The Balaban J connectivity index is 1.57. The predicted octanol–water partition coefficient (Wildman–Crippen LogP) is 7.14. The van der Waals surface area contributed by atoms with E-state index >= 15 is 0 Å². The van der Waals surface area contributed by atoms with Crippen LogP contribution in [0, 0.1) is 30.6 Å². The van der Waals surface area contributed by atoms with Crippen LogP contribution in [0.5, 0.6) is 11.5 Å². The highest BCUT2D eigenvalue weighted by Gasteiger charge is 2.06. The van der Waals surface area contributed by atoms with Crippen LogP contribution in [0.2, 0.25) is 10.0 Å². The van der Waals surface area contributed by atoms with Crippen molar-refractivity contribution in [2.45, 2.75) is 13.5 Å². The molecule has 4 aromatic carbocycles. The molecular weight excluding hydrogens is 519 g/mol. The first kappa shape index (κ1) is 26.7. The van der Waals surface area contributed by atoms with Crippen LogP contribution in [0.3, 0.4) is 0 Å². The van der Waals surface area contributed by atoms with Gasteiger partial charge in [-0.1, -0.05) is 46.9 Å². The summed E-state index contributed by atoms with van der Waals surface area (Å²) in [7, 11) is 0. The lowest BCUT2D eigenvalue weighted by molar-refractivity contribution is -0.139. The highest BCUT2D eigenvalue weighted by Crippen LogP contribution is 2.24. The maximum Gasteiger partial charge on any atom is 0.341 e. The van der Waals surface area contributed by atoms with Gasteiger partial charge >= 0.3 is 5.97 Å². The lowest BCUT2D eigenvalue weighted by atomic mass is 10.1. The molecule has 0 bridgehead atoms. The monoisotopic (exact) mass is 540 g/mol. The first-order valence-electron chi connectivity index (χ1n) is 11.6. The van der Waals surface area contributed by atoms with E-state index in [4.69, 9.17) is 37.8 Å². The van der Waals surface area contributed by atoms with Crippen molar-refractivity contribution < 1.29 is 19.4 Å². The molecule has 0 saturated carbocycles. The fourth-order valence-electron chi connectivity index (χ4n) is 3.45. The van der Waals surface area contributed by atoms with Crippen molar-refractivity contribution in [3.8, 4) is 35.2 Å². The zero-order chi connectivity index (χ0) is 26.9. The van der Waals surface area contributed by atoms with Gasteiger partial charge in [0.05, 0.1) is 0 Å². The van der Waals surface area contributed by atoms with Gasteiger partial charge in [-0.05, 0) is 103 Å². The number of rotatable bonds is 6. The van der Waals surface area contributed by atoms with Gasteiger partial charge in [-0.15, -0.1) is 0 Å². The Labute approximate surface area is 231 Å². The standard InChI is InChI=1S/C32H22Cl2O4/c1-22-16-30(14-15-31(22)38-21-32(35)36)37-20-27-18-25(4-2-23-6-10-28(33)11-7-23)17-26(19-27)5-3-24-8-12-29(34)13-9-24/h6-19H,20-21H2,1H3,(H,35,36). The van der Waals surface area contributed by atoms with Crippen molar-refractivity contribution in [1.82, 2.24) is 0 Å². The van der Waals surface area contributed by atoms with E-state index in [9.17, 15) is 4.79 Å². The smallest absolute Gasteiger partial charge is 0.341 e. The van der Waals surface area contributed by atoms with Crippen LogP contribution in [0.25, 0.3) is 0 Å². The number of benzene rings is 4. The Bertz CT molecular complexity index is 1490. The van der Waals surface area contributed by atoms with Crippen LogP contribution in [-0.4, -0.2) is 17.7 Å². The summed E-state index contributed by atoms with van der Waals surface area (Å²) in [6, 6.07) is 25.8. The average molecular weight is 541 g/mol. The van der Waals surface area contributed by atoms with E-state index in [1.54, 1.807) is 36.4 Å². The van der Waals surface area contributed by atoms with Crippen molar-refractivity contribution in [1.29, 1.82) is 0 Å². The molecule has 4 rings (SSSR count). The van der Waals surface area contributed by atoms with Gasteiger partial charge in [-0.2, -0.15) is 0 Å². The minimum absolute atomic E-state index is 0.293. The van der Waals surface area contributed by atoms with E-state index in [2.05, 4.69) is 23.7 Å². The summed E-state index contributed by atoms with van der Waals surface area (Å²) in [6.45, 7) is 1.73. The zero-order valence-electron chi connectivity index (χ0n) is 20.4. The van der Waals surface area contributed by atoms with Crippen molar-refractivity contribution in [3.05, 3.63) is 128 Å². The Kier molecular flexibility index (Phi) is 8.96. The summed E-state index contributed by atoms with van der Waals surface area (Å²) in [4.78, 5) is 10.8. The maximum absolute atomic E-state index is 10.8. The van der Waals surface area contributed by atoms with Crippen LogP contribution in [-0.2, 0) is 11.4 Å². The first-order valence-corrected chi connectivity index (χ1v) is 12.4. The van der Waals surface area contributed by atoms with Gasteiger partial charge in [-0.25, -0.2) is 4.79 Å². The van der Waals surface area contributed by atoms with Gasteiger partial charge in [0.2, 0.25) is 0 Å². The molecular formula is C32H22Cl2O4. The molecule has 0 radical (unpaired) electrons. The molecule has 0 heterocycles. The lowest BCUT2D eigenvalue weighted by Gasteiger charge is -2.11. The number of aliphatic carboxylic acids is 1. The molecule has 0 aliphatic heterocycles. The van der Waals surface area contributed by atoms with Crippen molar-refractivity contribution >= 4 is 29.2 Å². The molecule has 38 heavy (non-hydrogen) atoms. The Morgan fingerprint density at radius 1 is 0.711 bits per heavy atom. The third-order valence-electron chi connectivity index (χ3n) is 5.29. The Morgan fingerprint density at radius 2 is 1.24 bits per heavy atom. The summed E-state index contributed by atoms with van der Waals surface area (Å²) in [5.41, 5.74) is 4.99. The number of aryl methyl sites for hydroxylation is 1. The van der Waals surface area contributed by atoms with Crippen LogP contribution in [0.4, 0.5) is 0 Å². The van der Waals surface area contributed by atoms with Crippen molar-refractivity contribution in [3.63, 3.8) is 0 Å². The molecule has 0 atom stereocenters. The SMILES string of the molecule is Cc1cc(OCc2cc(C#Cc3ccc(Cl)cc3)cc(C#Cc3ccc(Cl)cc3)c2)ccc1OCC(=O)O. The minimum atomic E-state index is -1.03. The maximum atomic E-state index is 10.8. The van der Waals surface area contributed by atoms with Gasteiger partial charge in [0.1, 0.15) is 18.1 Å². The largest absolute Gasteiger partial charge is 0.489 e. The molecule has 0 amide bonds. The highest BCUT2D eigenvalue weighted by molar-refractivity contribution is 6.30. The third-order valence-corrected chi connectivity index (χ3v) is 5.79. The number of ether oxygens (including phenoxy) is 2. The van der Waals surface area contributed by atoms with E-state index in [-0.39, 0.29) is 0 Å². The van der Waals surface area contributed by atoms with Crippen LogP contribution in [0.15, 0.2) is 84.9 Å². The van der Waals surface area contributed by atoms with Crippen LogP contribution < -0.4 is 9.47 Å². The summed E-state index contributed by atoms with van der Waals surface area (Å²) in [5, 5.41) is 10.1. The summed E-state index contributed by atoms with van der Waals surface area (Å²) in [5.74, 6) is 12.8. The van der Waals surface area contributed by atoms with E-state index < -0.39 is 12.6 Å². The molecule has 188 valence electrons. The average Bonchev–Trinajstić information content (AvgIpc) is 2.90. The Hall–Kier alpha value is -4.35. The predicted molar refractivity (Wildman–Crippen MR) is 150 cm³/mol. The number of hydrogen-bond acceptors (Lipinski definition) is 3. The molecule has 0 aromatic heterocycles. The molecule has 0 aliphatic rings. The van der Waals surface area contributed by atoms with E-state index in [0.29, 0.717) is 28.2 Å². The minimum Gasteiger partial charge on any atom is -0.489 e. The molecule has 1 N–H and O–H groups in total.